The van der Waals surface area contributed by atoms with Crippen molar-refractivity contribution in [2.24, 2.45) is 5.10 Å². The Bertz CT molecular complexity index is 947. The molecule has 3 rings (SSSR count). The number of hydrogen-bond donors (Lipinski definition) is 2. The van der Waals surface area contributed by atoms with E-state index in [1.54, 1.807) is 13.3 Å². The summed E-state index contributed by atoms with van der Waals surface area (Å²) in [5, 5.41) is 7.77. The van der Waals surface area contributed by atoms with Gasteiger partial charge in [0.1, 0.15) is 6.61 Å². The van der Waals surface area contributed by atoms with Crippen LogP contribution in [0.3, 0.4) is 0 Å². The molecule has 0 heterocycles. The highest BCUT2D eigenvalue weighted by Crippen LogP contribution is 2.28. The maximum absolute atomic E-state index is 5.92. The van der Waals surface area contributed by atoms with E-state index in [1.807, 2.05) is 78.9 Å². The molecule has 0 aliphatic rings. The molecule has 0 spiro atoms. The Labute approximate surface area is 176 Å². The fourth-order valence-electron chi connectivity index (χ4n) is 2.60. The number of hydrazone groups is 1. The minimum Gasteiger partial charge on any atom is -0.493 e. The van der Waals surface area contributed by atoms with Gasteiger partial charge in [0.25, 0.3) is 0 Å². The van der Waals surface area contributed by atoms with Gasteiger partial charge in [-0.25, -0.2) is 0 Å². The zero-order valence-corrected chi connectivity index (χ0v) is 17.0. The number of rotatable bonds is 8. The maximum Gasteiger partial charge on any atom is 0.187 e. The molecule has 3 aromatic carbocycles. The van der Waals surface area contributed by atoms with Gasteiger partial charge in [-0.05, 0) is 47.1 Å². The van der Waals surface area contributed by atoms with Gasteiger partial charge in [-0.3, -0.25) is 5.43 Å². The van der Waals surface area contributed by atoms with Crippen LogP contribution in [-0.2, 0) is 13.2 Å². The minimum absolute atomic E-state index is 0.458. The van der Waals surface area contributed by atoms with Gasteiger partial charge >= 0.3 is 0 Å². The largest absolute Gasteiger partial charge is 0.493 e. The molecule has 0 saturated carbocycles. The van der Waals surface area contributed by atoms with Crippen LogP contribution in [0.4, 0.5) is 0 Å². The Kier molecular flexibility index (Phi) is 7.60. The fourth-order valence-corrected chi connectivity index (χ4v) is 2.73. The minimum atomic E-state index is 0.458. The molecule has 0 amide bonds. The lowest BCUT2D eigenvalue weighted by atomic mass is 10.2. The molecule has 0 saturated heterocycles. The summed E-state index contributed by atoms with van der Waals surface area (Å²) in [4.78, 5) is 0. The summed E-state index contributed by atoms with van der Waals surface area (Å²) in [7, 11) is 1.62. The third-order valence-electron chi connectivity index (χ3n) is 4.10. The molecular weight excluding hydrogens is 382 g/mol. The van der Waals surface area contributed by atoms with E-state index in [0.29, 0.717) is 29.8 Å². The van der Waals surface area contributed by atoms with Crippen LogP contribution >= 0.6 is 12.2 Å². The van der Waals surface area contributed by atoms with Crippen molar-refractivity contribution >= 4 is 23.5 Å². The SMILES string of the molecule is COc1ccc(/C=N\NC(=S)NCc2ccccc2)cc1OCc1ccccc1. The molecule has 5 nitrogen and oxygen atoms in total. The number of ether oxygens (including phenoxy) is 2. The van der Waals surface area contributed by atoms with Crippen LogP contribution in [-0.4, -0.2) is 18.4 Å². The van der Waals surface area contributed by atoms with Gasteiger partial charge in [-0.1, -0.05) is 60.7 Å². The second-order valence-corrected chi connectivity index (χ2v) is 6.63. The number of methoxy groups -OCH3 is 1. The molecule has 148 valence electrons. The van der Waals surface area contributed by atoms with E-state index < -0.39 is 0 Å². The first kappa shape index (κ1) is 20.4. The number of benzene rings is 3. The lowest BCUT2D eigenvalue weighted by molar-refractivity contribution is 0.284. The van der Waals surface area contributed by atoms with Crippen LogP contribution in [0.2, 0.25) is 0 Å². The molecule has 0 aliphatic carbocycles. The Morgan fingerprint density at radius 1 is 0.931 bits per heavy atom. The molecule has 2 N–H and O–H groups in total. The molecule has 0 aromatic heterocycles. The first-order valence-electron chi connectivity index (χ1n) is 9.20. The maximum atomic E-state index is 5.92. The van der Waals surface area contributed by atoms with Crippen molar-refractivity contribution in [2.75, 3.05) is 7.11 Å². The summed E-state index contributed by atoms with van der Waals surface area (Å²) < 4.78 is 11.3. The van der Waals surface area contributed by atoms with Crippen LogP contribution in [0.1, 0.15) is 16.7 Å². The van der Waals surface area contributed by atoms with Crippen molar-refractivity contribution in [3.63, 3.8) is 0 Å². The van der Waals surface area contributed by atoms with Gasteiger partial charge in [0.2, 0.25) is 0 Å². The van der Waals surface area contributed by atoms with Crippen LogP contribution in [0, 0.1) is 0 Å². The first-order chi connectivity index (χ1) is 14.2. The highest BCUT2D eigenvalue weighted by Gasteiger charge is 2.06. The van der Waals surface area contributed by atoms with Crippen molar-refractivity contribution in [3.05, 3.63) is 95.6 Å². The van der Waals surface area contributed by atoms with E-state index in [4.69, 9.17) is 21.7 Å². The van der Waals surface area contributed by atoms with Gasteiger partial charge in [-0.15, -0.1) is 0 Å². The first-order valence-corrected chi connectivity index (χ1v) is 9.61. The molecular formula is C23H23N3O2S. The van der Waals surface area contributed by atoms with E-state index in [2.05, 4.69) is 15.8 Å². The lowest BCUT2D eigenvalue weighted by Gasteiger charge is -2.11. The van der Waals surface area contributed by atoms with E-state index in [-0.39, 0.29) is 0 Å². The molecule has 0 bridgehead atoms. The van der Waals surface area contributed by atoms with Crippen molar-refractivity contribution < 1.29 is 9.47 Å². The zero-order chi connectivity index (χ0) is 20.3. The normalized spacial score (nSPS) is 10.5. The number of nitrogens with zero attached hydrogens (tertiary/aromatic N) is 1. The second-order valence-electron chi connectivity index (χ2n) is 6.22. The summed E-state index contributed by atoms with van der Waals surface area (Å²) in [6.07, 6.45) is 1.69. The highest BCUT2D eigenvalue weighted by atomic mass is 32.1. The number of thiocarbonyl (C=S) groups is 1. The lowest BCUT2D eigenvalue weighted by Crippen LogP contribution is -2.31. The van der Waals surface area contributed by atoms with E-state index in [1.165, 1.54) is 0 Å². The molecule has 29 heavy (non-hydrogen) atoms. The quantitative estimate of drug-likeness (QED) is 0.333. The van der Waals surface area contributed by atoms with Crippen molar-refractivity contribution in [2.45, 2.75) is 13.2 Å². The van der Waals surface area contributed by atoms with Crippen molar-refractivity contribution in [1.82, 2.24) is 10.7 Å². The molecule has 6 heteroatoms. The van der Waals surface area contributed by atoms with Crippen LogP contribution < -0.4 is 20.2 Å². The van der Waals surface area contributed by atoms with Gasteiger partial charge in [0.15, 0.2) is 16.6 Å². The van der Waals surface area contributed by atoms with E-state index in [9.17, 15) is 0 Å². The Balaban J connectivity index is 1.55. The van der Waals surface area contributed by atoms with Gasteiger partial charge in [0, 0.05) is 6.54 Å². The molecule has 0 radical (unpaired) electrons. The monoisotopic (exact) mass is 405 g/mol. The van der Waals surface area contributed by atoms with Gasteiger partial charge in [-0.2, -0.15) is 5.10 Å². The average Bonchev–Trinajstić information content (AvgIpc) is 2.78. The topological polar surface area (TPSA) is 54.9 Å². The Morgan fingerprint density at radius 3 is 2.31 bits per heavy atom. The van der Waals surface area contributed by atoms with Gasteiger partial charge < -0.3 is 14.8 Å². The predicted molar refractivity (Wildman–Crippen MR) is 120 cm³/mol. The van der Waals surface area contributed by atoms with E-state index in [0.717, 1.165) is 16.7 Å². The third-order valence-corrected chi connectivity index (χ3v) is 4.34. The van der Waals surface area contributed by atoms with E-state index >= 15 is 0 Å². The summed E-state index contributed by atoms with van der Waals surface area (Å²) in [5.74, 6) is 1.33. The van der Waals surface area contributed by atoms with Crippen molar-refractivity contribution in [3.8, 4) is 11.5 Å². The molecule has 0 atom stereocenters. The fraction of sp³-hybridized carbons (Fsp3) is 0.130. The van der Waals surface area contributed by atoms with Crippen LogP contribution in [0.15, 0.2) is 84.0 Å². The molecule has 0 fully saturated rings. The number of hydrogen-bond acceptors (Lipinski definition) is 4. The Morgan fingerprint density at radius 2 is 1.62 bits per heavy atom. The van der Waals surface area contributed by atoms with Crippen LogP contribution in [0.5, 0.6) is 11.5 Å². The molecule has 3 aromatic rings. The smallest absolute Gasteiger partial charge is 0.187 e. The summed E-state index contributed by atoms with van der Waals surface area (Å²) >= 11 is 5.25. The second kappa shape index (κ2) is 10.8. The predicted octanol–water partition coefficient (Wildman–Crippen LogP) is 4.27. The average molecular weight is 406 g/mol. The van der Waals surface area contributed by atoms with Crippen molar-refractivity contribution in [1.29, 1.82) is 0 Å². The molecule has 0 aliphatic heterocycles. The Hall–Kier alpha value is -3.38. The standard InChI is InChI=1S/C23H23N3O2S/c1-27-21-13-12-20(14-22(21)28-17-19-10-6-3-7-11-19)16-25-26-23(29)24-15-18-8-4-2-5-9-18/h2-14,16H,15,17H2,1H3,(H2,24,26,29)/b25-16-. The number of nitrogens with one attached hydrogen (secondary N) is 2. The molecule has 0 unspecified atom stereocenters. The van der Waals surface area contributed by atoms with Gasteiger partial charge in [0.05, 0.1) is 13.3 Å². The third kappa shape index (κ3) is 6.62. The highest BCUT2D eigenvalue weighted by molar-refractivity contribution is 7.80. The summed E-state index contributed by atoms with van der Waals surface area (Å²) in [6, 6.07) is 25.7. The zero-order valence-electron chi connectivity index (χ0n) is 16.2. The summed E-state index contributed by atoms with van der Waals surface area (Å²) in [5.41, 5.74) is 5.93. The van der Waals surface area contributed by atoms with Crippen LogP contribution in [0.25, 0.3) is 0 Å². The summed E-state index contributed by atoms with van der Waals surface area (Å²) in [6.45, 7) is 1.10.